The molecule has 3 aromatic rings. The molecule has 2 heterocycles. The lowest BCUT2D eigenvalue weighted by Crippen LogP contribution is -2.36. The van der Waals surface area contributed by atoms with E-state index in [0.29, 0.717) is 0 Å². The number of alkyl halides is 3. The average molecular weight is 445 g/mol. The third-order valence-electron chi connectivity index (χ3n) is 4.39. The van der Waals surface area contributed by atoms with Gasteiger partial charge in [-0.15, -0.1) is 13.2 Å². The summed E-state index contributed by atoms with van der Waals surface area (Å²) in [7, 11) is 0. The van der Waals surface area contributed by atoms with Gasteiger partial charge in [0.15, 0.2) is 23.9 Å². The molecular formula is C21H14F3N3O5. The Kier molecular flexibility index (Phi) is 5.31. The van der Waals surface area contributed by atoms with Gasteiger partial charge in [-0.05, 0) is 48.5 Å². The standard InChI is InChI=1S/C21H14F3N3O5/c22-21(23,24)32-13-8-6-12(7-9-13)26-20(30)14-3-1-4-15-18(14)31-11-17(29)27(15)19-16(28)5-2-10-25-19/h1-10,28H,11H2,(H,26,30). The van der Waals surface area contributed by atoms with Gasteiger partial charge in [0.1, 0.15) is 5.75 Å². The van der Waals surface area contributed by atoms with Gasteiger partial charge in [0.05, 0.1) is 11.3 Å². The Balaban J connectivity index is 1.61. The van der Waals surface area contributed by atoms with Gasteiger partial charge in [-0.1, -0.05) is 6.07 Å². The first-order valence-corrected chi connectivity index (χ1v) is 9.13. The number of benzene rings is 2. The van der Waals surface area contributed by atoms with Crippen LogP contribution in [0.15, 0.2) is 60.8 Å². The Morgan fingerprint density at radius 1 is 1.12 bits per heavy atom. The zero-order valence-electron chi connectivity index (χ0n) is 16.1. The molecule has 0 radical (unpaired) electrons. The number of aromatic nitrogens is 1. The van der Waals surface area contributed by atoms with Crippen molar-refractivity contribution in [2.45, 2.75) is 6.36 Å². The fourth-order valence-corrected chi connectivity index (χ4v) is 3.10. The topological polar surface area (TPSA) is 101 Å². The highest BCUT2D eigenvalue weighted by atomic mass is 19.4. The molecule has 8 nitrogen and oxygen atoms in total. The molecule has 0 fully saturated rings. The average Bonchev–Trinajstić information content (AvgIpc) is 2.74. The van der Waals surface area contributed by atoms with E-state index >= 15 is 0 Å². The van der Waals surface area contributed by atoms with Crippen LogP contribution < -0.4 is 19.7 Å². The van der Waals surface area contributed by atoms with Crippen LogP contribution in [0.25, 0.3) is 0 Å². The lowest BCUT2D eigenvalue weighted by molar-refractivity contribution is -0.274. The summed E-state index contributed by atoms with van der Waals surface area (Å²) < 4.78 is 46.1. The first-order chi connectivity index (χ1) is 15.2. The van der Waals surface area contributed by atoms with Crippen LogP contribution in [0.5, 0.6) is 17.2 Å². The SMILES string of the molecule is O=C(Nc1ccc(OC(F)(F)F)cc1)c1cccc2c1OCC(=O)N2c1ncccc1O. The number of carbonyl (C=O) groups is 2. The molecule has 0 bridgehead atoms. The Hall–Kier alpha value is -4.28. The first kappa shape index (κ1) is 21.0. The van der Waals surface area contributed by atoms with Gasteiger partial charge in [0, 0.05) is 11.9 Å². The molecule has 1 aliphatic heterocycles. The molecular weight excluding hydrogens is 431 g/mol. The van der Waals surface area contributed by atoms with Crippen LogP contribution >= 0.6 is 0 Å². The maximum atomic E-state index is 12.8. The molecule has 2 aromatic carbocycles. The molecule has 0 unspecified atom stereocenters. The number of carbonyl (C=O) groups excluding carboxylic acids is 2. The van der Waals surface area contributed by atoms with Gasteiger partial charge in [-0.2, -0.15) is 0 Å². The normalized spacial score (nSPS) is 13.2. The van der Waals surface area contributed by atoms with Crippen molar-refractivity contribution in [3.8, 4) is 17.2 Å². The van der Waals surface area contributed by atoms with Crippen LogP contribution in [0, 0.1) is 0 Å². The quantitative estimate of drug-likeness (QED) is 0.630. The number of nitrogens with one attached hydrogen (secondary N) is 1. The number of rotatable bonds is 4. The molecule has 32 heavy (non-hydrogen) atoms. The van der Waals surface area contributed by atoms with Gasteiger partial charge in [-0.25, -0.2) is 4.98 Å². The number of hydrogen-bond donors (Lipinski definition) is 2. The van der Waals surface area contributed by atoms with Crippen molar-refractivity contribution in [3.05, 3.63) is 66.4 Å². The number of pyridine rings is 1. The van der Waals surface area contributed by atoms with Gasteiger partial charge >= 0.3 is 6.36 Å². The van der Waals surface area contributed by atoms with Crippen LogP contribution in [0.2, 0.25) is 0 Å². The molecule has 0 saturated heterocycles. The number of hydrogen-bond acceptors (Lipinski definition) is 6. The van der Waals surface area contributed by atoms with Gasteiger partial charge in [0.25, 0.3) is 11.8 Å². The molecule has 164 valence electrons. The van der Waals surface area contributed by atoms with Crippen molar-refractivity contribution in [3.63, 3.8) is 0 Å². The van der Waals surface area contributed by atoms with Crippen LogP contribution in [-0.4, -0.2) is 34.9 Å². The minimum absolute atomic E-state index is 0.0140. The Labute approximate surface area is 178 Å². The van der Waals surface area contributed by atoms with Crippen molar-refractivity contribution in [1.29, 1.82) is 0 Å². The minimum atomic E-state index is -4.82. The van der Waals surface area contributed by atoms with Crippen LogP contribution in [-0.2, 0) is 4.79 Å². The lowest BCUT2D eigenvalue weighted by atomic mass is 10.1. The molecule has 0 aliphatic carbocycles. The van der Waals surface area contributed by atoms with Crippen LogP contribution in [0.3, 0.4) is 0 Å². The zero-order valence-corrected chi connectivity index (χ0v) is 16.1. The van der Waals surface area contributed by atoms with Gasteiger partial charge in [0.2, 0.25) is 0 Å². The fraction of sp³-hybridized carbons (Fsp3) is 0.0952. The molecule has 1 aromatic heterocycles. The van der Waals surface area contributed by atoms with E-state index in [1.807, 2.05) is 0 Å². The predicted molar refractivity (Wildman–Crippen MR) is 106 cm³/mol. The highest BCUT2D eigenvalue weighted by Gasteiger charge is 2.33. The fourth-order valence-electron chi connectivity index (χ4n) is 3.10. The summed E-state index contributed by atoms with van der Waals surface area (Å²) in [6, 6.07) is 12.0. The lowest BCUT2D eigenvalue weighted by Gasteiger charge is -2.29. The number of aromatic hydroxyl groups is 1. The number of halogens is 3. The van der Waals surface area contributed by atoms with E-state index in [9.17, 15) is 27.9 Å². The summed E-state index contributed by atoms with van der Waals surface area (Å²) in [5.74, 6) is -1.70. The van der Waals surface area contributed by atoms with E-state index in [2.05, 4.69) is 15.0 Å². The largest absolute Gasteiger partial charge is 0.573 e. The second kappa shape index (κ2) is 8.10. The number of anilines is 3. The van der Waals surface area contributed by atoms with Crippen molar-refractivity contribution < 1.29 is 37.3 Å². The van der Waals surface area contributed by atoms with E-state index in [1.54, 1.807) is 0 Å². The van der Waals surface area contributed by atoms with E-state index in [-0.39, 0.29) is 34.3 Å². The maximum absolute atomic E-state index is 12.8. The minimum Gasteiger partial charge on any atom is -0.504 e. The summed E-state index contributed by atoms with van der Waals surface area (Å²) in [5.41, 5.74) is 0.496. The van der Waals surface area contributed by atoms with Crippen molar-refractivity contribution in [1.82, 2.24) is 4.98 Å². The summed E-state index contributed by atoms with van der Waals surface area (Å²) in [6.45, 7) is -0.392. The Bertz CT molecular complexity index is 1180. The number of para-hydroxylation sites is 1. The molecule has 0 saturated carbocycles. The molecule has 2 amide bonds. The Morgan fingerprint density at radius 3 is 2.56 bits per heavy atom. The van der Waals surface area contributed by atoms with Gasteiger partial charge < -0.3 is 19.9 Å². The molecule has 11 heteroatoms. The number of fused-ring (bicyclic) bond motifs is 1. The molecule has 0 spiro atoms. The third-order valence-corrected chi connectivity index (χ3v) is 4.39. The number of amides is 2. The highest BCUT2D eigenvalue weighted by molar-refractivity contribution is 6.11. The molecule has 1 aliphatic rings. The summed E-state index contributed by atoms with van der Waals surface area (Å²) in [6.07, 6.45) is -3.42. The van der Waals surface area contributed by atoms with E-state index in [4.69, 9.17) is 4.74 Å². The monoisotopic (exact) mass is 445 g/mol. The number of ether oxygens (including phenoxy) is 2. The van der Waals surface area contributed by atoms with Crippen molar-refractivity contribution in [2.24, 2.45) is 0 Å². The van der Waals surface area contributed by atoms with Gasteiger partial charge in [-0.3, -0.25) is 14.5 Å². The zero-order chi connectivity index (χ0) is 22.9. The molecule has 4 rings (SSSR count). The number of nitrogens with zero attached hydrogens (tertiary/aromatic N) is 2. The summed E-state index contributed by atoms with van der Waals surface area (Å²) in [5, 5.41) is 12.7. The van der Waals surface area contributed by atoms with E-state index < -0.39 is 30.5 Å². The van der Waals surface area contributed by atoms with Crippen LogP contribution in [0.1, 0.15) is 10.4 Å². The second-order valence-electron chi connectivity index (χ2n) is 6.54. The first-order valence-electron chi connectivity index (χ1n) is 9.13. The predicted octanol–water partition coefficient (Wildman–Crippen LogP) is 4.00. The van der Waals surface area contributed by atoms with E-state index in [1.165, 1.54) is 48.7 Å². The summed E-state index contributed by atoms with van der Waals surface area (Å²) >= 11 is 0. The van der Waals surface area contributed by atoms with Crippen molar-refractivity contribution >= 4 is 29.0 Å². The smallest absolute Gasteiger partial charge is 0.504 e. The van der Waals surface area contributed by atoms with Crippen LogP contribution in [0.4, 0.5) is 30.4 Å². The second-order valence-corrected chi connectivity index (χ2v) is 6.54. The highest BCUT2D eigenvalue weighted by Crippen LogP contribution is 2.41. The third kappa shape index (κ3) is 4.26. The molecule has 0 atom stereocenters. The van der Waals surface area contributed by atoms with E-state index in [0.717, 1.165) is 17.0 Å². The van der Waals surface area contributed by atoms with Crippen molar-refractivity contribution in [2.75, 3.05) is 16.8 Å². The molecule has 2 N–H and O–H groups in total. The maximum Gasteiger partial charge on any atom is 0.573 e. The summed E-state index contributed by atoms with van der Waals surface area (Å²) in [4.78, 5) is 30.5. The Morgan fingerprint density at radius 2 is 1.88 bits per heavy atom.